The molecule has 0 spiro atoms. The predicted octanol–water partition coefficient (Wildman–Crippen LogP) is 6.34. The maximum Gasteiger partial charge on any atom is 0.416 e. The van der Waals surface area contributed by atoms with Crippen molar-refractivity contribution in [1.82, 2.24) is 0 Å². The minimum atomic E-state index is -4.58. The van der Waals surface area contributed by atoms with Gasteiger partial charge in [0.1, 0.15) is 0 Å². The molecule has 0 radical (unpaired) electrons. The average molecular weight is 495 g/mol. The molecule has 2 aromatic carbocycles. The van der Waals surface area contributed by atoms with Gasteiger partial charge in [-0.3, -0.25) is 9.52 Å². The van der Waals surface area contributed by atoms with Crippen molar-refractivity contribution in [3.8, 4) is 0 Å². The van der Waals surface area contributed by atoms with Crippen LogP contribution in [0.4, 0.5) is 24.5 Å². The number of carbonyl (C=O) groups is 1. The Morgan fingerprint density at radius 3 is 2.23 bits per heavy atom. The minimum absolute atomic E-state index is 0.0236. The average Bonchev–Trinajstić information content (AvgIpc) is 2.70. The van der Waals surface area contributed by atoms with Crippen molar-refractivity contribution < 1.29 is 26.4 Å². The van der Waals surface area contributed by atoms with E-state index >= 15 is 0 Å². The number of alkyl halides is 3. The highest BCUT2D eigenvalue weighted by molar-refractivity contribution is 7.93. The van der Waals surface area contributed by atoms with Crippen LogP contribution in [0, 0.1) is 0 Å². The van der Waals surface area contributed by atoms with Gasteiger partial charge in [-0.05, 0) is 49.2 Å². The van der Waals surface area contributed by atoms with Crippen molar-refractivity contribution in [3.63, 3.8) is 0 Å². The van der Waals surface area contributed by atoms with Crippen LogP contribution in [-0.2, 0) is 16.2 Å². The number of sulfonamides is 1. The molecule has 0 atom stereocenters. The molecule has 0 aliphatic heterocycles. The molecule has 11 heteroatoms. The fourth-order valence-corrected chi connectivity index (χ4v) is 5.39. The van der Waals surface area contributed by atoms with Gasteiger partial charge in [0.2, 0.25) is 10.0 Å². The van der Waals surface area contributed by atoms with E-state index in [1.807, 2.05) is 0 Å². The fraction of sp³-hybridized carbons (Fsp3) is 0.350. The number of carbonyl (C=O) groups excluding carboxylic acids is 1. The summed E-state index contributed by atoms with van der Waals surface area (Å²) in [6, 6.07) is 6.58. The molecule has 5 nitrogen and oxygen atoms in total. The molecule has 168 valence electrons. The van der Waals surface area contributed by atoms with Crippen LogP contribution in [0.25, 0.3) is 0 Å². The second-order valence-corrected chi connectivity index (χ2v) is 10.0. The quantitative estimate of drug-likeness (QED) is 0.509. The van der Waals surface area contributed by atoms with Gasteiger partial charge in [0.25, 0.3) is 5.91 Å². The van der Waals surface area contributed by atoms with Crippen LogP contribution < -0.4 is 10.0 Å². The molecule has 2 N–H and O–H groups in total. The van der Waals surface area contributed by atoms with E-state index in [2.05, 4.69) is 10.0 Å². The zero-order valence-corrected chi connectivity index (χ0v) is 18.4. The smallest absolute Gasteiger partial charge is 0.321 e. The number of amides is 1. The highest BCUT2D eigenvalue weighted by Crippen LogP contribution is 2.34. The number of benzene rings is 2. The molecule has 1 aliphatic carbocycles. The summed E-state index contributed by atoms with van der Waals surface area (Å²) in [5.74, 6) is -0.773. The molecular formula is C20H19Cl2F3N2O3S. The predicted molar refractivity (Wildman–Crippen MR) is 115 cm³/mol. The lowest BCUT2D eigenvalue weighted by atomic mass is 10.0. The molecule has 1 amide bonds. The fourth-order valence-electron chi connectivity index (χ4n) is 3.39. The van der Waals surface area contributed by atoms with Crippen molar-refractivity contribution in [2.24, 2.45) is 0 Å². The summed E-state index contributed by atoms with van der Waals surface area (Å²) < 4.78 is 66.4. The van der Waals surface area contributed by atoms with Crippen LogP contribution in [0.1, 0.15) is 48.0 Å². The van der Waals surface area contributed by atoms with Crippen molar-refractivity contribution >= 4 is 50.5 Å². The van der Waals surface area contributed by atoms with Gasteiger partial charge in [0.05, 0.1) is 32.8 Å². The molecule has 3 rings (SSSR count). The van der Waals surface area contributed by atoms with Gasteiger partial charge < -0.3 is 5.32 Å². The normalized spacial score (nSPS) is 15.5. The van der Waals surface area contributed by atoms with Gasteiger partial charge in [-0.2, -0.15) is 13.2 Å². The first kappa shape index (κ1) is 23.7. The molecule has 31 heavy (non-hydrogen) atoms. The van der Waals surface area contributed by atoms with Gasteiger partial charge in [-0.1, -0.05) is 42.5 Å². The Hall–Kier alpha value is -1.97. The summed E-state index contributed by atoms with van der Waals surface area (Å²) in [6.07, 6.45) is -0.909. The summed E-state index contributed by atoms with van der Waals surface area (Å²) in [4.78, 5) is 12.8. The summed E-state index contributed by atoms with van der Waals surface area (Å²) in [6.45, 7) is 0. The molecular weight excluding hydrogens is 476 g/mol. The first-order valence-corrected chi connectivity index (χ1v) is 11.8. The largest absolute Gasteiger partial charge is 0.416 e. The summed E-state index contributed by atoms with van der Waals surface area (Å²) in [5, 5.41) is 1.72. The van der Waals surface area contributed by atoms with Crippen molar-refractivity contribution in [1.29, 1.82) is 0 Å². The number of halogens is 5. The third-order valence-corrected chi connectivity index (χ3v) is 7.42. The molecule has 0 unspecified atom stereocenters. The zero-order chi connectivity index (χ0) is 22.8. The van der Waals surface area contributed by atoms with Crippen LogP contribution in [-0.4, -0.2) is 19.6 Å². The van der Waals surface area contributed by atoms with E-state index < -0.39 is 32.9 Å². The van der Waals surface area contributed by atoms with Crippen LogP contribution in [0.3, 0.4) is 0 Å². The number of nitrogens with one attached hydrogen (secondary N) is 2. The Morgan fingerprint density at radius 2 is 1.61 bits per heavy atom. The Labute approximate surface area is 188 Å². The lowest BCUT2D eigenvalue weighted by Gasteiger charge is -2.23. The van der Waals surface area contributed by atoms with Crippen LogP contribution in [0.2, 0.25) is 10.0 Å². The number of hydrogen-bond donors (Lipinski definition) is 2. The zero-order valence-electron chi connectivity index (χ0n) is 16.1. The van der Waals surface area contributed by atoms with Gasteiger partial charge in [0.15, 0.2) is 0 Å². The standard InChI is InChI=1S/C20H19Cl2F3N2O3S/c21-13-7-9-17(27-31(29,30)14-4-2-1-3-5-14)15(11-13)19(28)26-18-8-6-12(10-16(18)22)20(23,24)25/h6-11,14,27H,1-5H2,(H,26,28). The topological polar surface area (TPSA) is 75.3 Å². The number of hydrogen-bond acceptors (Lipinski definition) is 3. The van der Waals surface area contributed by atoms with E-state index in [0.29, 0.717) is 18.9 Å². The Balaban J connectivity index is 1.85. The van der Waals surface area contributed by atoms with Gasteiger partial charge in [-0.15, -0.1) is 0 Å². The number of anilines is 2. The SMILES string of the molecule is O=C(Nc1ccc(C(F)(F)F)cc1Cl)c1cc(Cl)ccc1NS(=O)(=O)C1CCCCC1. The maximum absolute atomic E-state index is 12.8. The van der Waals surface area contributed by atoms with Gasteiger partial charge >= 0.3 is 6.18 Å². The van der Waals surface area contributed by atoms with E-state index in [1.165, 1.54) is 18.2 Å². The summed E-state index contributed by atoms with van der Waals surface area (Å²) in [7, 11) is -3.73. The Bertz CT molecular complexity index is 1090. The van der Waals surface area contributed by atoms with E-state index in [4.69, 9.17) is 23.2 Å². The molecule has 0 bridgehead atoms. The molecule has 1 fully saturated rings. The third kappa shape index (κ3) is 5.84. The minimum Gasteiger partial charge on any atom is -0.321 e. The van der Waals surface area contributed by atoms with Crippen LogP contribution >= 0.6 is 23.2 Å². The van der Waals surface area contributed by atoms with E-state index in [-0.39, 0.29) is 27.0 Å². The number of rotatable bonds is 5. The highest BCUT2D eigenvalue weighted by Gasteiger charge is 2.31. The maximum atomic E-state index is 12.8. The molecule has 1 aliphatic rings. The van der Waals surface area contributed by atoms with E-state index in [0.717, 1.165) is 31.4 Å². The first-order chi connectivity index (χ1) is 14.5. The molecule has 2 aromatic rings. The molecule has 1 saturated carbocycles. The van der Waals surface area contributed by atoms with E-state index in [9.17, 15) is 26.4 Å². The summed E-state index contributed by atoms with van der Waals surface area (Å²) in [5.41, 5.74) is -1.07. The lowest BCUT2D eigenvalue weighted by molar-refractivity contribution is -0.137. The molecule has 0 saturated heterocycles. The summed E-state index contributed by atoms with van der Waals surface area (Å²) >= 11 is 11.9. The Kier molecular flexibility index (Phi) is 7.08. The molecule has 0 aromatic heterocycles. The van der Waals surface area contributed by atoms with Gasteiger partial charge in [0, 0.05) is 5.02 Å². The van der Waals surface area contributed by atoms with Crippen LogP contribution in [0.15, 0.2) is 36.4 Å². The van der Waals surface area contributed by atoms with Crippen LogP contribution in [0.5, 0.6) is 0 Å². The third-order valence-electron chi connectivity index (χ3n) is 5.01. The highest BCUT2D eigenvalue weighted by atomic mass is 35.5. The van der Waals surface area contributed by atoms with Crippen molar-refractivity contribution in [2.45, 2.75) is 43.5 Å². The van der Waals surface area contributed by atoms with Gasteiger partial charge in [-0.25, -0.2) is 8.42 Å². The second kappa shape index (κ2) is 9.26. The van der Waals surface area contributed by atoms with Crippen molar-refractivity contribution in [3.05, 3.63) is 57.6 Å². The molecule has 0 heterocycles. The monoisotopic (exact) mass is 494 g/mol. The Morgan fingerprint density at radius 1 is 0.968 bits per heavy atom. The van der Waals surface area contributed by atoms with Crippen molar-refractivity contribution in [2.75, 3.05) is 10.0 Å². The second-order valence-electron chi connectivity index (χ2n) is 7.24. The first-order valence-electron chi connectivity index (χ1n) is 9.46. The van der Waals surface area contributed by atoms with E-state index in [1.54, 1.807) is 0 Å². The lowest BCUT2D eigenvalue weighted by Crippen LogP contribution is -2.30.